The van der Waals surface area contributed by atoms with Gasteiger partial charge in [-0.2, -0.15) is 0 Å². The Hall–Kier alpha value is -0.160. The first kappa shape index (κ1) is 14.8. The van der Waals surface area contributed by atoms with E-state index in [4.69, 9.17) is 14.2 Å². The molecule has 0 aromatic carbocycles. The minimum Gasteiger partial charge on any atom is -0.393 e. The minimum atomic E-state index is -0.235. The summed E-state index contributed by atoms with van der Waals surface area (Å²) in [6.45, 7) is 3.25. The summed E-state index contributed by atoms with van der Waals surface area (Å²) in [4.78, 5) is 0. The van der Waals surface area contributed by atoms with Crippen molar-refractivity contribution in [2.45, 2.75) is 69.2 Å². The molecule has 0 bridgehead atoms. The SMILES string of the molecule is OC(CC1CCCCO1)C1CCOC2(CCOCC2)C1. The topological polar surface area (TPSA) is 47.9 Å². The molecule has 3 unspecified atom stereocenters. The predicted octanol–water partition coefficient (Wildman–Crippen LogP) is 2.28. The number of hydrogen-bond donors (Lipinski definition) is 1. The summed E-state index contributed by atoms with van der Waals surface area (Å²) < 4.78 is 17.3. The van der Waals surface area contributed by atoms with Gasteiger partial charge in [0.2, 0.25) is 0 Å². The van der Waals surface area contributed by atoms with Crippen molar-refractivity contribution in [2.24, 2.45) is 5.92 Å². The highest BCUT2D eigenvalue weighted by molar-refractivity contribution is 4.91. The zero-order valence-electron chi connectivity index (χ0n) is 12.4. The van der Waals surface area contributed by atoms with E-state index in [1.807, 2.05) is 0 Å². The molecule has 0 aromatic rings. The van der Waals surface area contributed by atoms with Gasteiger partial charge in [-0.25, -0.2) is 0 Å². The van der Waals surface area contributed by atoms with Gasteiger partial charge in [0.05, 0.1) is 17.8 Å². The first-order valence-electron chi connectivity index (χ1n) is 8.29. The quantitative estimate of drug-likeness (QED) is 0.864. The van der Waals surface area contributed by atoms with Crippen molar-refractivity contribution >= 4 is 0 Å². The zero-order chi connectivity index (χ0) is 13.8. The van der Waals surface area contributed by atoms with E-state index in [-0.39, 0.29) is 17.8 Å². The third-order valence-electron chi connectivity index (χ3n) is 5.26. The molecule has 0 aromatic heterocycles. The molecule has 3 atom stereocenters. The predicted molar refractivity (Wildman–Crippen MR) is 75.7 cm³/mol. The van der Waals surface area contributed by atoms with Crippen molar-refractivity contribution in [1.29, 1.82) is 0 Å². The Morgan fingerprint density at radius 3 is 2.65 bits per heavy atom. The summed E-state index contributed by atoms with van der Waals surface area (Å²) in [5.74, 6) is 0.368. The lowest BCUT2D eigenvalue weighted by Gasteiger charge is -2.44. The van der Waals surface area contributed by atoms with Crippen LogP contribution in [0.1, 0.15) is 51.4 Å². The van der Waals surface area contributed by atoms with Crippen LogP contribution >= 0.6 is 0 Å². The molecule has 20 heavy (non-hydrogen) atoms. The van der Waals surface area contributed by atoms with Crippen molar-refractivity contribution in [3.63, 3.8) is 0 Å². The Balaban J connectivity index is 1.52. The Labute approximate surface area is 121 Å². The Morgan fingerprint density at radius 2 is 1.90 bits per heavy atom. The third-order valence-corrected chi connectivity index (χ3v) is 5.26. The second-order valence-electron chi connectivity index (χ2n) is 6.69. The largest absolute Gasteiger partial charge is 0.393 e. The van der Waals surface area contributed by atoms with Gasteiger partial charge in [0.15, 0.2) is 0 Å². The van der Waals surface area contributed by atoms with Crippen LogP contribution in [0.5, 0.6) is 0 Å². The van der Waals surface area contributed by atoms with Gasteiger partial charge < -0.3 is 19.3 Å². The summed E-state index contributed by atoms with van der Waals surface area (Å²) in [5, 5.41) is 10.6. The van der Waals surface area contributed by atoms with Crippen molar-refractivity contribution in [1.82, 2.24) is 0 Å². The van der Waals surface area contributed by atoms with Crippen LogP contribution in [0.25, 0.3) is 0 Å². The molecule has 1 spiro atoms. The molecule has 3 fully saturated rings. The van der Waals surface area contributed by atoms with E-state index in [9.17, 15) is 5.11 Å². The standard InChI is InChI=1S/C16H28O4/c17-15(11-14-3-1-2-7-19-14)13-4-8-20-16(12-13)5-9-18-10-6-16/h13-15,17H,1-12H2. The molecule has 116 valence electrons. The molecule has 0 amide bonds. The maximum atomic E-state index is 10.6. The summed E-state index contributed by atoms with van der Waals surface area (Å²) in [7, 11) is 0. The second kappa shape index (κ2) is 6.73. The monoisotopic (exact) mass is 284 g/mol. The highest BCUT2D eigenvalue weighted by Crippen LogP contribution is 2.39. The molecule has 0 radical (unpaired) electrons. The number of ether oxygens (including phenoxy) is 3. The molecule has 3 aliphatic heterocycles. The molecule has 1 N–H and O–H groups in total. The van der Waals surface area contributed by atoms with Crippen LogP contribution in [0.4, 0.5) is 0 Å². The molecule has 3 aliphatic rings. The summed E-state index contributed by atoms with van der Waals surface area (Å²) >= 11 is 0. The van der Waals surface area contributed by atoms with Gasteiger partial charge >= 0.3 is 0 Å². The van der Waals surface area contributed by atoms with Gasteiger partial charge in [-0.3, -0.25) is 0 Å². The van der Waals surface area contributed by atoms with E-state index in [0.717, 1.165) is 65.0 Å². The van der Waals surface area contributed by atoms with E-state index in [1.165, 1.54) is 12.8 Å². The Morgan fingerprint density at radius 1 is 1.05 bits per heavy atom. The van der Waals surface area contributed by atoms with Crippen molar-refractivity contribution in [3.05, 3.63) is 0 Å². The molecule has 4 nitrogen and oxygen atoms in total. The smallest absolute Gasteiger partial charge is 0.0730 e. The highest BCUT2D eigenvalue weighted by Gasteiger charge is 2.41. The first-order chi connectivity index (χ1) is 9.77. The van der Waals surface area contributed by atoms with Gasteiger partial charge in [0.1, 0.15) is 0 Å². The van der Waals surface area contributed by atoms with E-state index in [2.05, 4.69) is 0 Å². The molecule has 0 aliphatic carbocycles. The average molecular weight is 284 g/mol. The number of rotatable bonds is 3. The molecule has 3 heterocycles. The van der Waals surface area contributed by atoms with Crippen molar-refractivity contribution in [2.75, 3.05) is 26.4 Å². The maximum Gasteiger partial charge on any atom is 0.0730 e. The van der Waals surface area contributed by atoms with Crippen LogP contribution in [0.2, 0.25) is 0 Å². The van der Waals surface area contributed by atoms with Gasteiger partial charge in [-0.1, -0.05) is 0 Å². The number of aliphatic hydroxyl groups is 1. The fraction of sp³-hybridized carbons (Fsp3) is 1.00. The zero-order valence-corrected chi connectivity index (χ0v) is 12.4. The Kier molecular flexibility index (Phi) is 4.97. The molecular weight excluding hydrogens is 256 g/mol. The summed E-state index contributed by atoms with van der Waals surface area (Å²) in [5.41, 5.74) is -0.0183. The van der Waals surface area contributed by atoms with E-state index >= 15 is 0 Å². The second-order valence-corrected chi connectivity index (χ2v) is 6.69. The van der Waals surface area contributed by atoms with Crippen LogP contribution in [0.3, 0.4) is 0 Å². The Bertz CT molecular complexity index is 289. The molecule has 3 rings (SSSR count). The van der Waals surface area contributed by atoms with Crippen LogP contribution in [0.15, 0.2) is 0 Å². The molecular formula is C16H28O4. The van der Waals surface area contributed by atoms with Crippen molar-refractivity contribution in [3.8, 4) is 0 Å². The van der Waals surface area contributed by atoms with Crippen molar-refractivity contribution < 1.29 is 19.3 Å². The van der Waals surface area contributed by atoms with Gasteiger partial charge in [-0.15, -0.1) is 0 Å². The number of aliphatic hydroxyl groups excluding tert-OH is 1. The fourth-order valence-corrected chi connectivity index (χ4v) is 3.94. The maximum absolute atomic E-state index is 10.6. The van der Waals surface area contributed by atoms with Crippen LogP contribution < -0.4 is 0 Å². The normalized spacial score (nSPS) is 35.9. The number of hydrogen-bond acceptors (Lipinski definition) is 4. The molecule has 3 saturated heterocycles. The van der Waals surface area contributed by atoms with Gasteiger partial charge in [0, 0.05) is 26.4 Å². The van der Waals surface area contributed by atoms with Crippen LogP contribution in [-0.2, 0) is 14.2 Å². The lowest BCUT2D eigenvalue weighted by atomic mass is 9.77. The lowest BCUT2D eigenvalue weighted by Crippen LogP contribution is -2.47. The average Bonchev–Trinajstić information content (AvgIpc) is 2.49. The molecule has 4 heteroatoms. The van der Waals surface area contributed by atoms with E-state index in [1.54, 1.807) is 0 Å². The third kappa shape index (κ3) is 3.53. The van der Waals surface area contributed by atoms with Crippen LogP contribution in [-0.4, -0.2) is 49.3 Å². The van der Waals surface area contributed by atoms with Gasteiger partial charge in [0.25, 0.3) is 0 Å². The summed E-state index contributed by atoms with van der Waals surface area (Å²) in [6, 6.07) is 0. The lowest BCUT2D eigenvalue weighted by molar-refractivity contribution is -0.161. The fourth-order valence-electron chi connectivity index (χ4n) is 3.94. The van der Waals surface area contributed by atoms with E-state index in [0.29, 0.717) is 5.92 Å². The minimum absolute atomic E-state index is 0.0183. The molecule has 0 saturated carbocycles. The first-order valence-corrected chi connectivity index (χ1v) is 8.29. The summed E-state index contributed by atoms with van der Waals surface area (Å²) in [6.07, 6.45) is 8.30. The highest BCUT2D eigenvalue weighted by atomic mass is 16.5. The van der Waals surface area contributed by atoms with Gasteiger partial charge in [-0.05, 0) is 57.3 Å². The van der Waals surface area contributed by atoms with Crippen LogP contribution in [0, 0.1) is 5.92 Å². The van der Waals surface area contributed by atoms with E-state index < -0.39 is 0 Å².